The van der Waals surface area contributed by atoms with Crippen LogP contribution in [0.25, 0.3) is 0 Å². The van der Waals surface area contributed by atoms with Crippen molar-refractivity contribution in [2.24, 2.45) is 0 Å². The van der Waals surface area contributed by atoms with Gasteiger partial charge in [0, 0.05) is 19.7 Å². The zero-order valence-corrected chi connectivity index (χ0v) is 19.5. The highest BCUT2D eigenvalue weighted by atomic mass is 32.1. The van der Waals surface area contributed by atoms with Gasteiger partial charge in [0.15, 0.2) is 11.5 Å². The van der Waals surface area contributed by atoms with E-state index in [0.29, 0.717) is 39.4 Å². The van der Waals surface area contributed by atoms with Gasteiger partial charge in [-0.2, -0.15) is 0 Å². The van der Waals surface area contributed by atoms with Gasteiger partial charge >= 0.3 is 0 Å². The number of aromatic nitrogens is 2. The number of hydrogen-bond donors (Lipinski definition) is 1. The third kappa shape index (κ3) is 4.27. The Labute approximate surface area is 195 Å². The fraction of sp³-hybridized carbons (Fsp3) is 0.304. The van der Waals surface area contributed by atoms with E-state index < -0.39 is 12.0 Å². The quantitative estimate of drug-likeness (QED) is 0.568. The maximum absolute atomic E-state index is 13.6. The Morgan fingerprint density at radius 2 is 1.85 bits per heavy atom. The number of carbonyl (C=O) groups is 2. The molecule has 2 atom stereocenters. The maximum atomic E-state index is 13.6. The summed E-state index contributed by atoms with van der Waals surface area (Å²) in [6.45, 7) is 0.311. The minimum absolute atomic E-state index is 0.160. The summed E-state index contributed by atoms with van der Waals surface area (Å²) in [5, 5.41) is 12.0. The molecule has 0 fully saturated rings. The van der Waals surface area contributed by atoms with Crippen LogP contribution in [0.3, 0.4) is 0 Å². The summed E-state index contributed by atoms with van der Waals surface area (Å²) in [7, 11) is 6.37. The summed E-state index contributed by atoms with van der Waals surface area (Å²) in [6, 6.07) is 12.0. The molecule has 10 heteroatoms. The minimum Gasteiger partial charge on any atom is -0.493 e. The van der Waals surface area contributed by atoms with Crippen LogP contribution in [0.1, 0.15) is 38.5 Å². The van der Waals surface area contributed by atoms with Crippen molar-refractivity contribution >= 4 is 28.3 Å². The number of methoxy groups -OCH3 is 3. The lowest BCUT2D eigenvalue weighted by Gasteiger charge is -2.39. The van der Waals surface area contributed by atoms with Crippen molar-refractivity contribution in [2.75, 3.05) is 33.7 Å². The summed E-state index contributed by atoms with van der Waals surface area (Å²) in [5.74, 6) is -0.0552. The Morgan fingerprint density at radius 3 is 2.58 bits per heavy atom. The van der Waals surface area contributed by atoms with E-state index in [1.807, 2.05) is 18.2 Å². The number of hydrogen-bond acceptors (Lipinski definition) is 8. The molecule has 0 aliphatic carbocycles. The molecular formula is C23H24N4O5S. The summed E-state index contributed by atoms with van der Waals surface area (Å²) in [4.78, 5) is 28.4. The van der Waals surface area contributed by atoms with Gasteiger partial charge in [-0.05, 0) is 29.3 Å². The van der Waals surface area contributed by atoms with Gasteiger partial charge in [0.25, 0.3) is 5.91 Å². The second kappa shape index (κ2) is 9.55. The fourth-order valence-electron chi connectivity index (χ4n) is 4.08. The van der Waals surface area contributed by atoms with Gasteiger partial charge in [-0.15, -0.1) is 10.2 Å². The van der Waals surface area contributed by atoms with E-state index in [2.05, 4.69) is 15.5 Å². The van der Waals surface area contributed by atoms with Crippen LogP contribution in [-0.4, -0.2) is 55.3 Å². The fourth-order valence-corrected chi connectivity index (χ4v) is 4.79. The van der Waals surface area contributed by atoms with Crippen LogP contribution in [-0.2, 0) is 16.1 Å². The lowest BCUT2D eigenvalue weighted by atomic mass is 9.79. The number of amides is 2. The molecule has 0 saturated carbocycles. The van der Waals surface area contributed by atoms with Crippen molar-refractivity contribution in [1.29, 1.82) is 0 Å². The Balaban J connectivity index is 1.78. The van der Waals surface area contributed by atoms with Crippen LogP contribution in [0.5, 0.6) is 11.5 Å². The maximum Gasteiger partial charge on any atom is 0.254 e. The van der Waals surface area contributed by atoms with Crippen LogP contribution in [0.4, 0.5) is 5.13 Å². The number of benzene rings is 2. The van der Waals surface area contributed by atoms with Gasteiger partial charge in [-0.1, -0.05) is 35.6 Å². The molecule has 33 heavy (non-hydrogen) atoms. The normalized spacial score (nSPS) is 17.5. The standard InChI is InChI=1S/C23H24N4O5S/c1-27-20(13-9-10-16(31-3)17(11-13)32-4)19(14-7-5-6-8-15(14)22(27)29)21(28)24-23-26-25-18(33-23)12-30-2/h5-11,19-20H,12H2,1-4H3,(H,24,26,28)/t19-,20+/m1/s1. The molecule has 1 aromatic heterocycles. The summed E-state index contributed by atoms with van der Waals surface area (Å²) in [5.41, 5.74) is 1.89. The predicted molar refractivity (Wildman–Crippen MR) is 123 cm³/mol. The van der Waals surface area contributed by atoms with Gasteiger partial charge in [0.1, 0.15) is 11.6 Å². The number of nitrogens with zero attached hydrogens (tertiary/aromatic N) is 3. The number of fused-ring (bicyclic) bond motifs is 1. The zero-order chi connectivity index (χ0) is 23.5. The highest BCUT2D eigenvalue weighted by molar-refractivity contribution is 7.15. The smallest absolute Gasteiger partial charge is 0.254 e. The molecule has 172 valence electrons. The molecule has 0 spiro atoms. The van der Waals surface area contributed by atoms with Crippen molar-refractivity contribution in [1.82, 2.24) is 15.1 Å². The van der Waals surface area contributed by atoms with E-state index in [0.717, 1.165) is 5.56 Å². The largest absolute Gasteiger partial charge is 0.493 e. The Morgan fingerprint density at radius 1 is 1.09 bits per heavy atom. The first-order chi connectivity index (χ1) is 16.0. The molecule has 2 heterocycles. The molecule has 0 unspecified atom stereocenters. The van der Waals surface area contributed by atoms with Crippen LogP contribution >= 0.6 is 11.3 Å². The van der Waals surface area contributed by atoms with Crippen LogP contribution in [0.2, 0.25) is 0 Å². The van der Waals surface area contributed by atoms with E-state index >= 15 is 0 Å². The highest BCUT2D eigenvalue weighted by Gasteiger charge is 2.43. The van der Waals surface area contributed by atoms with Crippen LogP contribution < -0.4 is 14.8 Å². The summed E-state index contributed by atoms with van der Waals surface area (Å²) in [6.07, 6.45) is 0. The van der Waals surface area contributed by atoms with Crippen molar-refractivity contribution in [3.8, 4) is 11.5 Å². The van der Waals surface area contributed by atoms with Crippen molar-refractivity contribution in [2.45, 2.75) is 18.6 Å². The minimum atomic E-state index is -0.684. The van der Waals surface area contributed by atoms with Crippen molar-refractivity contribution in [3.05, 3.63) is 64.2 Å². The lowest BCUT2D eigenvalue weighted by molar-refractivity contribution is -0.119. The predicted octanol–water partition coefficient (Wildman–Crippen LogP) is 3.25. The average Bonchev–Trinajstić information content (AvgIpc) is 3.27. The zero-order valence-electron chi connectivity index (χ0n) is 18.7. The first-order valence-electron chi connectivity index (χ1n) is 10.2. The number of nitrogens with one attached hydrogen (secondary N) is 1. The number of ether oxygens (including phenoxy) is 3. The second-order valence-electron chi connectivity index (χ2n) is 7.46. The Kier molecular flexibility index (Phi) is 6.57. The molecule has 0 radical (unpaired) electrons. The van der Waals surface area contributed by atoms with E-state index in [4.69, 9.17) is 14.2 Å². The van der Waals surface area contributed by atoms with Gasteiger partial charge < -0.3 is 19.1 Å². The third-order valence-electron chi connectivity index (χ3n) is 5.58. The third-order valence-corrected chi connectivity index (χ3v) is 6.39. The molecule has 1 aliphatic heterocycles. The number of anilines is 1. The molecule has 9 nitrogen and oxygen atoms in total. The molecule has 0 saturated heterocycles. The topological polar surface area (TPSA) is 103 Å². The van der Waals surface area contributed by atoms with Crippen LogP contribution in [0.15, 0.2) is 42.5 Å². The number of rotatable bonds is 7. The highest BCUT2D eigenvalue weighted by Crippen LogP contribution is 2.44. The molecule has 4 rings (SSSR count). The molecule has 2 amide bonds. The average molecular weight is 469 g/mol. The first kappa shape index (κ1) is 22.7. The van der Waals surface area contributed by atoms with Crippen molar-refractivity contribution < 1.29 is 23.8 Å². The van der Waals surface area contributed by atoms with Gasteiger partial charge in [0.2, 0.25) is 11.0 Å². The van der Waals surface area contributed by atoms with E-state index in [-0.39, 0.29) is 11.8 Å². The summed E-state index contributed by atoms with van der Waals surface area (Å²) < 4.78 is 15.9. The lowest BCUT2D eigenvalue weighted by Crippen LogP contribution is -2.44. The molecule has 1 N–H and O–H groups in total. The number of carbonyl (C=O) groups excluding carboxylic acids is 2. The monoisotopic (exact) mass is 468 g/mol. The van der Waals surface area contributed by atoms with E-state index in [9.17, 15) is 9.59 Å². The van der Waals surface area contributed by atoms with Gasteiger partial charge in [-0.25, -0.2) is 0 Å². The van der Waals surface area contributed by atoms with Gasteiger partial charge in [0.05, 0.1) is 26.2 Å². The van der Waals surface area contributed by atoms with Gasteiger partial charge in [-0.3, -0.25) is 14.9 Å². The Hall–Kier alpha value is -3.50. The van der Waals surface area contributed by atoms with Crippen molar-refractivity contribution in [3.63, 3.8) is 0 Å². The Bertz CT molecular complexity index is 1180. The van der Waals surface area contributed by atoms with Crippen LogP contribution in [0, 0.1) is 0 Å². The molecule has 0 bridgehead atoms. The number of likely N-dealkylation sites (N-methyl/N-ethyl adjacent to an activating group) is 1. The second-order valence-corrected chi connectivity index (χ2v) is 8.53. The molecule has 1 aliphatic rings. The summed E-state index contributed by atoms with van der Waals surface area (Å²) >= 11 is 1.24. The molecule has 2 aromatic carbocycles. The SMILES string of the molecule is COCc1nnc(NC(=O)[C@@H]2c3ccccc3C(=O)N(C)[C@H]2c2ccc(OC)c(OC)c2)s1. The first-order valence-corrected chi connectivity index (χ1v) is 11.0. The molecular weight excluding hydrogens is 444 g/mol. The van der Waals surface area contributed by atoms with E-state index in [1.165, 1.54) is 11.3 Å². The van der Waals surface area contributed by atoms with E-state index in [1.54, 1.807) is 57.5 Å². The molecule has 3 aromatic rings.